The average Bonchev–Trinajstić information content (AvgIpc) is 4.06. The van der Waals surface area contributed by atoms with Gasteiger partial charge in [0.25, 0.3) is 5.91 Å². The van der Waals surface area contributed by atoms with E-state index in [2.05, 4.69) is 71.1 Å². The number of piperazine rings is 1. The minimum absolute atomic E-state index is 0.0547. The number of hydrogen-bond acceptors (Lipinski definition) is 9. The van der Waals surface area contributed by atoms with E-state index in [1.54, 1.807) is 19.2 Å². The molecule has 5 heterocycles. The zero-order chi connectivity index (χ0) is 45.7. The van der Waals surface area contributed by atoms with Crippen molar-refractivity contribution in [3.05, 3.63) is 71.0 Å². The van der Waals surface area contributed by atoms with Crippen LogP contribution in [0.25, 0.3) is 33.3 Å². The van der Waals surface area contributed by atoms with E-state index in [0.717, 1.165) is 70.8 Å². The molecule has 4 aliphatic rings. The molecular weight excluding hydrogens is 831 g/mol. The highest BCUT2D eigenvalue weighted by molar-refractivity contribution is 5.96. The molecule has 12 nitrogen and oxygen atoms in total. The van der Waals surface area contributed by atoms with Crippen LogP contribution in [-0.2, 0) is 49.9 Å². The van der Waals surface area contributed by atoms with E-state index in [0.29, 0.717) is 42.5 Å². The van der Waals surface area contributed by atoms with Crippen LogP contribution >= 0.6 is 0 Å². The molecule has 1 unspecified atom stereocenters. The Morgan fingerprint density at radius 3 is 2.52 bits per heavy atom. The first kappa shape index (κ1) is 45.5. The molecule has 2 amide bonds. The molecule has 2 aromatic heterocycles. The molecule has 1 saturated carbocycles. The van der Waals surface area contributed by atoms with Gasteiger partial charge in [-0.3, -0.25) is 24.4 Å². The Bertz CT molecular complexity index is 2410. The predicted octanol–water partition coefficient (Wildman–Crippen LogP) is 7.17. The summed E-state index contributed by atoms with van der Waals surface area (Å²) in [6.07, 6.45) is -2.12. The highest BCUT2D eigenvalue weighted by Gasteiger charge is 2.59. The maximum absolute atomic E-state index is 14.8. The first-order chi connectivity index (χ1) is 30.5. The second-order valence-corrected chi connectivity index (χ2v) is 18.8. The highest BCUT2D eigenvalue weighted by Crippen LogP contribution is 2.50. The Morgan fingerprint density at radius 1 is 1.06 bits per heavy atom. The minimum atomic E-state index is -4.54. The van der Waals surface area contributed by atoms with Crippen LogP contribution in [-0.4, -0.2) is 109 Å². The number of halogens is 4. The molecule has 64 heavy (non-hydrogen) atoms. The van der Waals surface area contributed by atoms with Gasteiger partial charge in [-0.1, -0.05) is 32.0 Å². The van der Waals surface area contributed by atoms with Crippen molar-refractivity contribution in [2.75, 3.05) is 58.4 Å². The van der Waals surface area contributed by atoms with Gasteiger partial charge in [0.2, 0.25) is 5.91 Å². The number of carbonyl (C=O) groups is 3. The monoisotopic (exact) mass is 889 g/mol. The van der Waals surface area contributed by atoms with Crippen molar-refractivity contribution in [3.63, 3.8) is 0 Å². The van der Waals surface area contributed by atoms with Crippen molar-refractivity contribution in [2.45, 2.75) is 97.4 Å². The van der Waals surface area contributed by atoms with Crippen LogP contribution in [0.15, 0.2) is 48.7 Å². The van der Waals surface area contributed by atoms with Gasteiger partial charge < -0.3 is 29.2 Å². The van der Waals surface area contributed by atoms with Gasteiger partial charge in [0, 0.05) is 74.7 Å². The quantitative estimate of drug-likeness (QED) is 0.140. The lowest BCUT2D eigenvalue weighted by Gasteiger charge is -2.35. The van der Waals surface area contributed by atoms with Crippen LogP contribution in [0.1, 0.15) is 75.4 Å². The number of benzene rings is 2. The number of amides is 2. The number of anilines is 1. The van der Waals surface area contributed by atoms with Gasteiger partial charge in [-0.25, -0.2) is 9.82 Å². The largest absolute Gasteiger partial charge is 0.464 e. The summed E-state index contributed by atoms with van der Waals surface area (Å²) in [4.78, 5) is 51.2. The average molecular weight is 890 g/mol. The Balaban J connectivity index is 1.29. The van der Waals surface area contributed by atoms with Gasteiger partial charge >= 0.3 is 12.1 Å². The van der Waals surface area contributed by atoms with Crippen molar-refractivity contribution < 1.29 is 41.4 Å². The van der Waals surface area contributed by atoms with Crippen molar-refractivity contribution in [1.82, 2.24) is 30.2 Å². The molecule has 344 valence electrons. The third-order valence-electron chi connectivity index (χ3n) is 13.4. The summed E-state index contributed by atoms with van der Waals surface area (Å²) >= 11 is 0. The van der Waals surface area contributed by atoms with Crippen LogP contribution in [0, 0.1) is 17.3 Å². The Morgan fingerprint density at radius 2 is 1.83 bits per heavy atom. The number of esters is 1. The van der Waals surface area contributed by atoms with E-state index in [9.17, 15) is 31.9 Å². The molecule has 6 bridgehead atoms. The fourth-order valence-electron chi connectivity index (χ4n) is 9.63. The van der Waals surface area contributed by atoms with Crippen molar-refractivity contribution in [3.8, 4) is 22.4 Å². The molecule has 0 spiro atoms. The Labute approximate surface area is 371 Å². The molecular formula is C48H59F4N7O5. The van der Waals surface area contributed by atoms with E-state index in [4.69, 9.17) is 14.5 Å². The second kappa shape index (κ2) is 18.1. The van der Waals surface area contributed by atoms with Crippen LogP contribution in [0.3, 0.4) is 0 Å². The number of hydrogen-bond donors (Lipinski definition) is 2. The lowest BCUT2D eigenvalue weighted by molar-refractivity contribution is -0.156. The summed E-state index contributed by atoms with van der Waals surface area (Å²) < 4.78 is 69.8. The first-order valence-electron chi connectivity index (χ1n) is 22.4. The number of pyridine rings is 1. The number of ether oxygens (including phenoxy) is 2. The molecule has 2 N–H and O–H groups in total. The maximum atomic E-state index is 14.8. The molecule has 8 rings (SSSR count). The van der Waals surface area contributed by atoms with Gasteiger partial charge in [0.05, 0.1) is 47.8 Å². The number of carbonyl (C=O) groups excluding carboxylic acids is 3. The second-order valence-electron chi connectivity index (χ2n) is 18.8. The van der Waals surface area contributed by atoms with Gasteiger partial charge in [0.15, 0.2) is 0 Å². The number of methoxy groups -OCH3 is 1. The molecule has 2 saturated heterocycles. The molecule has 3 fully saturated rings. The number of alkyl halides is 4. The molecule has 3 aliphatic heterocycles. The van der Waals surface area contributed by atoms with E-state index in [1.165, 1.54) is 5.01 Å². The predicted molar refractivity (Wildman–Crippen MR) is 236 cm³/mol. The summed E-state index contributed by atoms with van der Waals surface area (Å²) in [6.45, 7) is 11.8. The fourth-order valence-corrected chi connectivity index (χ4v) is 9.63. The smallest absolute Gasteiger partial charge is 0.392 e. The highest BCUT2D eigenvalue weighted by atomic mass is 19.4. The summed E-state index contributed by atoms with van der Waals surface area (Å²) in [6, 6.07) is 11.4. The fraction of sp³-hybridized carbons (Fsp3) is 0.542. The zero-order valence-electron chi connectivity index (χ0n) is 37.5. The van der Waals surface area contributed by atoms with Gasteiger partial charge in [0.1, 0.15) is 18.8 Å². The lowest BCUT2D eigenvalue weighted by Crippen LogP contribution is -2.60. The van der Waals surface area contributed by atoms with E-state index in [-0.39, 0.29) is 32.1 Å². The van der Waals surface area contributed by atoms with Crippen molar-refractivity contribution >= 4 is 34.4 Å². The lowest BCUT2D eigenvalue weighted by atomic mass is 9.84. The molecule has 1 aliphatic carbocycles. The van der Waals surface area contributed by atoms with Gasteiger partial charge in [-0.2, -0.15) is 13.2 Å². The SMILES string of the molecule is CCn1c(-c2cc(N3CCN(C)CC3)cnc2[C@H](C)OC)c2c3cc(ccc31)-c1cc(CF)cc(c1)C[C@H](NC(=O)[C@H]1CC1C(F)(F)F)C(=O)N1CCC[C@H](N1)C(=O)OCC(C)(C)C2. The molecule has 0 radical (unpaired) electrons. The van der Waals surface area contributed by atoms with Crippen LogP contribution in [0.2, 0.25) is 0 Å². The van der Waals surface area contributed by atoms with E-state index in [1.807, 2.05) is 25.3 Å². The van der Waals surface area contributed by atoms with Crippen molar-refractivity contribution in [2.24, 2.45) is 17.3 Å². The minimum Gasteiger partial charge on any atom is -0.464 e. The Kier molecular flexibility index (Phi) is 12.9. The van der Waals surface area contributed by atoms with E-state index >= 15 is 0 Å². The molecule has 4 aromatic rings. The summed E-state index contributed by atoms with van der Waals surface area (Å²) in [7, 11) is 3.80. The van der Waals surface area contributed by atoms with Gasteiger partial charge in [-0.15, -0.1) is 0 Å². The first-order valence-corrected chi connectivity index (χ1v) is 22.4. The summed E-state index contributed by atoms with van der Waals surface area (Å²) in [5.41, 5.74) is 10.4. The zero-order valence-corrected chi connectivity index (χ0v) is 37.5. The third-order valence-corrected chi connectivity index (χ3v) is 13.4. The number of aryl methyl sites for hydroxylation is 1. The number of fused-ring (bicyclic) bond motifs is 6. The maximum Gasteiger partial charge on any atom is 0.392 e. The molecule has 5 atom stereocenters. The Hall–Kier alpha value is -5.06. The number of cyclic esters (lactones) is 1. The van der Waals surface area contributed by atoms with E-state index < -0.39 is 60.0 Å². The van der Waals surface area contributed by atoms with Crippen molar-refractivity contribution in [1.29, 1.82) is 0 Å². The normalized spacial score (nSPS) is 23.7. The van der Waals surface area contributed by atoms with Crippen LogP contribution in [0.5, 0.6) is 0 Å². The molecule has 2 aromatic carbocycles. The number of rotatable bonds is 8. The number of likely N-dealkylation sites (N-methyl/N-ethyl adjacent to an activating group) is 1. The van der Waals surface area contributed by atoms with Crippen LogP contribution < -0.4 is 15.6 Å². The molecule has 16 heteroatoms. The number of hydrazine groups is 1. The third kappa shape index (κ3) is 9.36. The number of aromatic nitrogens is 2. The summed E-state index contributed by atoms with van der Waals surface area (Å²) in [5.74, 6) is -5.13. The van der Waals surface area contributed by atoms with Gasteiger partial charge in [-0.05, 0) is 98.7 Å². The van der Waals surface area contributed by atoms with Crippen LogP contribution in [0.4, 0.5) is 23.2 Å². The topological polar surface area (TPSA) is 121 Å². The number of nitrogens with one attached hydrogen (secondary N) is 2. The summed E-state index contributed by atoms with van der Waals surface area (Å²) in [5, 5.41) is 4.83. The number of nitrogens with zero attached hydrogens (tertiary/aromatic N) is 5. The standard InChI is InChI=1S/C48H59F4N7O5/c1-7-58-41-11-10-31-21-34(41)37(43(58)36-22-33(26-53-42(36)28(2)63-6)57-15-13-56(5)14-16-57)24-47(3,4)27-64-46(62)39-9-8-12-59(55-39)45(61)40(20-29-17-30(25-49)19-32(31)18-29)54-44(60)35-23-38(35)48(50,51)52/h10-11,17-19,21-22,26,28,35,38-40,55H,7-9,12-16,20,23-25,27H2,1-6H3,(H,54,60)/t28-,35-,38?,39-,40-/m0/s1.